The van der Waals surface area contributed by atoms with Crippen molar-refractivity contribution in [3.63, 3.8) is 0 Å². The number of aliphatic hydroxyl groups is 1. The lowest BCUT2D eigenvalue weighted by molar-refractivity contribution is -0.250. The van der Waals surface area contributed by atoms with Gasteiger partial charge in [-0.15, -0.1) is 0 Å². The van der Waals surface area contributed by atoms with Gasteiger partial charge in [-0.2, -0.15) is 18.3 Å². The van der Waals surface area contributed by atoms with Gasteiger partial charge >= 0.3 is 6.18 Å². The Balaban J connectivity index is 1.91. The number of hydrogen-bond acceptors (Lipinski definition) is 3. The molecule has 1 unspecified atom stereocenters. The molecule has 8 heteroatoms. The van der Waals surface area contributed by atoms with Crippen LogP contribution in [0.15, 0.2) is 36.5 Å². The third-order valence-corrected chi connectivity index (χ3v) is 4.46. The van der Waals surface area contributed by atoms with E-state index < -0.39 is 17.7 Å². The van der Waals surface area contributed by atoms with Crippen molar-refractivity contribution in [2.45, 2.75) is 38.1 Å². The van der Waals surface area contributed by atoms with Gasteiger partial charge in [0.25, 0.3) is 5.91 Å². The molecule has 3 rings (SSSR count). The number of benzene rings is 1. The molecule has 1 N–H and O–H groups in total. The molecule has 0 radical (unpaired) electrons. The van der Waals surface area contributed by atoms with E-state index in [2.05, 4.69) is 5.10 Å². The molecule has 25 heavy (non-hydrogen) atoms. The molecule has 2 heterocycles. The number of hydrogen-bond donors (Lipinski definition) is 1. The van der Waals surface area contributed by atoms with Crippen molar-refractivity contribution in [3.05, 3.63) is 47.8 Å². The SMILES string of the molecule is C[C@H]1CN(C(=O)C(C)(O)C(F)(F)F)Cc2cnn(-c3ccccc3)c21. The number of aromatic nitrogens is 2. The summed E-state index contributed by atoms with van der Waals surface area (Å²) in [5.74, 6) is -1.57. The Kier molecular flexibility index (Phi) is 4.10. The van der Waals surface area contributed by atoms with Crippen molar-refractivity contribution < 1.29 is 23.1 Å². The Labute approximate surface area is 142 Å². The standard InChI is InChI=1S/C17H18F3N3O2/c1-11-9-22(15(24)16(2,25)17(18,19)20)10-12-8-21-23(14(11)12)13-6-4-3-5-7-13/h3-8,11,25H,9-10H2,1-2H3/t11-,16?/m0/s1. The lowest BCUT2D eigenvalue weighted by atomic mass is 9.95. The van der Waals surface area contributed by atoms with Crippen LogP contribution in [-0.4, -0.2) is 44.0 Å². The lowest BCUT2D eigenvalue weighted by Gasteiger charge is -2.36. The van der Waals surface area contributed by atoms with Crippen LogP contribution in [-0.2, 0) is 11.3 Å². The van der Waals surface area contributed by atoms with Gasteiger partial charge in [-0.05, 0) is 19.1 Å². The minimum Gasteiger partial charge on any atom is -0.373 e. The number of carbonyl (C=O) groups is 1. The Morgan fingerprint density at radius 3 is 2.52 bits per heavy atom. The fraction of sp³-hybridized carbons (Fsp3) is 0.412. The van der Waals surface area contributed by atoms with E-state index in [1.807, 2.05) is 37.3 Å². The van der Waals surface area contributed by atoms with Gasteiger partial charge in [0.05, 0.1) is 17.6 Å². The van der Waals surface area contributed by atoms with E-state index in [4.69, 9.17) is 0 Å². The molecule has 1 aromatic heterocycles. The third-order valence-electron chi connectivity index (χ3n) is 4.46. The van der Waals surface area contributed by atoms with E-state index >= 15 is 0 Å². The second kappa shape index (κ2) is 5.87. The van der Waals surface area contributed by atoms with Crippen LogP contribution >= 0.6 is 0 Å². The zero-order valence-electron chi connectivity index (χ0n) is 13.8. The molecular formula is C17H18F3N3O2. The molecule has 0 saturated heterocycles. The zero-order chi connectivity index (χ0) is 18.4. The maximum atomic E-state index is 12.9. The summed E-state index contributed by atoms with van der Waals surface area (Å²) in [6.45, 7) is 2.37. The molecule has 2 atom stereocenters. The van der Waals surface area contributed by atoms with E-state index in [-0.39, 0.29) is 19.0 Å². The van der Waals surface area contributed by atoms with Gasteiger partial charge in [-0.25, -0.2) is 4.68 Å². The number of halogens is 3. The smallest absolute Gasteiger partial charge is 0.373 e. The average Bonchev–Trinajstić information content (AvgIpc) is 2.98. The van der Waals surface area contributed by atoms with Crippen molar-refractivity contribution in [2.24, 2.45) is 0 Å². The van der Waals surface area contributed by atoms with Gasteiger partial charge in [0.1, 0.15) is 0 Å². The highest BCUT2D eigenvalue weighted by Gasteiger charge is 2.57. The maximum absolute atomic E-state index is 12.9. The third kappa shape index (κ3) is 2.90. The van der Waals surface area contributed by atoms with Gasteiger partial charge in [0.2, 0.25) is 5.60 Å². The van der Waals surface area contributed by atoms with E-state index in [0.717, 1.165) is 16.3 Å². The van der Waals surface area contributed by atoms with Crippen LogP contribution in [0.25, 0.3) is 5.69 Å². The highest BCUT2D eigenvalue weighted by molar-refractivity contribution is 5.85. The van der Waals surface area contributed by atoms with E-state index in [1.165, 1.54) is 0 Å². The zero-order valence-corrected chi connectivity index (χ0v) is 13.8. The predicted molar refractivity (Wildman–Crippen MR) is 84.1 cm³/mol. The van der Waals surface area contributed by atoms with Gasteiger partial charge in [0, 0.05) is 24.6 Å². The van der Waals surface area contributed by atoms with Crippen LogP contribution in [0.3, 0.4) is 0 Å². The minimum absolute atomic E-state index is 0.0163. The Hall–Kier alpha value is -2.35. The molecular weight excluding hydrogens is 335 g/mol. The van der Waals surface area contributed by atoms with E-state index in [0.29, 0.717) is 12.5 Å². The first-order valence-corrected chi connectivity index (χ1v) is 7.83. The largest absolute Gasteiger partial charge is 0.426 e. The molecule has 5 nitrogen and oxygen atoms in total. The molecule has 2 aromatic rings. The number of nitrogens with zero attached hydrogens (tertiary/aromatic N) is 3. The number of amides is 1. The van der Waals surface area contributed by atoms with E-state index in [1.54, 1.807) is 10.9 Å². The first kappa shape index (κ1) is 17.5. The number of fused-ring (bicyclic) bond motifs is 1. The van der Waals surface area contributed by atoms with Crippen molar-refractivity contribution in [1.29, 1.82) is 0 Å². The summed E-state index contributed by atoms with van der Waals surface area (Å²) in [5, 5.41) is 14.0. The highest BCUT2D eigenvalue weighted by Crippen LogP contribution is 2.35. The Morgan fingerprint density at radius 2 is 1.92 bits per heavy atom. The molecule has 0 aliphatic carbocycles. The summed E-state index contributed by atoms with van der Waals surface area (Å²) in [4.78, 5) is 13.3. The van der Waals surface area contributed by atoms with Gasteiger partial charge in [0.15, 0.2) is 0 Å². The molecule has 1 aromatic carbocycles. The maximum Gasteiger partial charge on any atom is 0.426 e. The Bertz CT molecular complexity index is 784. The topological polar surface area (TPSA) is 58.4 Å². The van der Waals surface area contributed by atoms with Crippen LogP contribution in [0.4, 0.5) is 13.2 Å². The minimum atomic E-state index is -5.03. The Morgan fingerprint density at radius 1 is 1.28 bits per heavy atom. The molecule has 0 bridgehead atoms. The van der Waals surface area contributed by atoms with Crippen molar-refractivity contribution in [3.8, 4) is 5.69 Å². The molecule has 0 saturated carbocycles. The van der Waals surface area contributed by atoms with Gasteiger partial charge in [-0.1, -0.05) is 25.1 Å². The normalized spacial score (nSPS) is 20.1. The lowest BCUT2D eigenvalue weighted by Crippen LogP contribution is -2.57. The molecule has 1 amide bonds. The average molecular weight is 353 g/mol. The summed E-state index contributed by atoms with van der Waals surface area (Å²) < 4.78 is 40.6. The number of carbonyl (C=O) groups excluding carboxylic acids is 1. The van der Waals surface area contributed by atoms with Crippen LogP contribution in [0.5, 0.6) is 0 Å². The first-order valence-electron chi connectivity index (χ1n) is 7.83. The van der Waals surface area contributed by atoms with Crippen LogP contribution in [0.1, 0.15) is 31.0 Å². The second-order valence-corrected chi connectivity index (χ2v) is 6.46. The quantitative estimate of drug-likeness (QED) is 0.903. The highest BCUT2D eigenvalue weighted by atomic mass is 19.4. The monoisotopic (exact) mass is 353 g/mol. The second-order valence-electron chi connectivity index (χ2n) is 6.46. The fourth-order valence-electron chi connectivity index (χ4n) is 3.08. The van der Waals surface area contributed by atoms with Crippen LogP contribution in [0, 0.1) is 0 Å². The summed E-state index contributed by atoms with van der Waals surface area (Å²) in [5.41, 5.74) is -1.02. The molecule has 0 fully saturated rings. The number of para-hydroxylation sites is 1. The van der Waals surface area contributed by atoms with Crippen molar-refractivity contribution in [2.75, 3.05) is 6.54 Å². The van der Waals surface area contributed by atoms with E-state index in [9.17, 15) is 23.1 Å². The van der Waals surface area contributed by atoms with Crippen LogP contribution in [0.2, 0.25) is 0 Å². The molecule has 1 aliphatic heterocycles. The predicted octanol–water partition coefficient (Wildman–Crippen LogP) is 2.63. The summed E-state index contributed by atoms with van der Waals surface area (Å²) in [6, 6.07) is 9.38. The van der Waals surface area contributed by atoms with Crippen LogP contribution < -0.4 is 0 Å². The molecule has 1 aliphatic rings. The summed E-state index contributed by atoms with van der Waals surface area (Å²) in [7, 11) is 0. The number of rotatable bonds is 2. The first-order chi connectivity index (χ1) is 11.6. The van der Waals surface area contributed by atoms with Crippen molar-refractivity contribution >= 4 is 5.91 Å². The fourth-order valence-corrected chi connectivity index (χ4v) is 3.08. The van der Waals surface area contributed by atoms with Gasteiger partial charge in [-0.3, -0.25) is 4.79 Å². The number of alkyl halides is 3. The molecule has 0 spiro atoms. The summed E-state index contributed by atoms with van der Waals surface area (Å²) >= 11 is 0. The summed E-state index contributed by atoms with van der Waals surface area (Å²) in [6.07, 6.45) is -3.47. The van der Waals surface area contributed by atoms with Gasteiger partial charge < -0.3 is 10.0 Å². The molecule has 134 valence electrons. The van der Waals surface area contributed by atoms with Crippen molar-refractivity contribution in [1.82, 2.24) is 14.7 Å².